The Hall–Kier alpha value is -1.46. The summed E-state index contributed by atoms with van der Waals surface area (Å²) < 4.78 is 15.9. The molecule has 0 aliphatic rings. The summed E-state index contributed by atoms with van der Waals surface area (Å²) in [6.45, 7) is 3.74. The van der Waals surface area contributed by atoms with E-state index in [2.05, 4.69) is 0 Å². The second-order valence-electron chi connectivity index (χ2n) is 5.07. The van der Waals surface area contributed by atoms with Gasteiger partial charge in [-0.2, -0.15) is 0 Å². The summed E-state index contributed by atoms with van der Waals surface area (Å²) in [4.78, 5) is 0. The molecule has 3 N–H and O–H groups in total. The first-order chi connectivity index (χ1) is 8.91. The fourth-order valence-electron chi connectivity index (χ4n) is 1.83. The standard InChI is InChI=1S/C14H23NO4/c1-14(2,8-16)13(15)12-10(18-4)6-9(17-3)7-11(12)19-5/h6-7,13,16H,8,15H2,1-5H3/t13-/m1/s1. The number of nitrogens with two attached hydrogens (primary N) is 1. The maximum absolute atomic E-state index is 9.47. The molecule has 1 atom stereocenters. The third-order valence-corrected chi connectivity index (χ3v) is 3.31. The highest BCUT2D eigenvalue weighted by molar-refractivity contribution is 5.52. The highest BCUT2D eigenvalue weighted by atomic mass is 16.5. The van der Waals surface area contributed by atoms with Crippen molar-refractivity contribution in [3.8, 4) is 17.2 Å². The number of hydrogen-bond acceptors (Lipinski definition) is 5. The second-order valence-corrected chi connectivity index (χ2v) is 5.07. The van der Waals surface area contributed by atoms with Crippen LogP contribution in [0.15, 0.2) is 12.1 Å². The summed E-state index contributed by atoms with van der Waals surface area (Å²) in [5.74, 6) is 1.81. The van der Waals surface area contributed by atoms with Crippen molar-refractivity contribution in [3.63, 3.8) is 0 Å². The van der Waals surface area contributed by atoms with Crippen LogP contribution in [0.5, 0.6) is 17.2 Å². The number of aliphatic hydroxyl groups is 1. The molecule has 0 aromatic heterocycles. The molecular formula is C14H23NO4. The zero-order chi connectivity index (χ0) is 14.6. The smallest absolute Gasteiger partial charge is 0.131 e. The fraction of sp³-hybridized carbons (Fsp3) is 0.571. The predicted molar refractivity (Wildman–Crippen MR) is 73.9 cm³/mol. The van der Waals surface area contributed by atoms with E-state index < -0.39 is 11.5 Å². The minimum absolute atomic E-state index is 0.0352. The van der Waals surface area contributed by atoms with Gasteiger partial charge in [0, 0.05) is 30.2 Å². The van der Waals surface area contributed by atoms with Crippen LogP contribution in [0.3, 0.4) is 0 Å². The van der Waals surface area contributed by atoms with Gasteiger partial charge in [-0.3, -0.25) is 0 Å². The van der Waals surface area contributed by atoms with Crippen molar-refractivity contribution < 1.29 is 19.3 Å². The monoisotopic (exact) mass is 269 g/mol. The molecule has 0 aliphatic carbocycles. The zero-order valence-corrected chi connectivity index (χ0v) is 12.2. The molecule has 0 fully saturated rings. The molecule has 1 rings (SSSR count). The molecule has 0 bridgehead atoms. The lowest BCUT2D eigenvalue weighted by Crippen LogP contribution is -2.33. The third kappa shape index (κ3) is 3.11. The van der Waals surface area contributed by atoms with E-state index in [0.29, 0.717) is 17.2 Å². The maximum Gasteiger partial charge on any atom is 0.131 e. The summed E-state index contributed by atoms with van der Waals surface area (Å²) >= 11 is 0. The lowest BCUT2D eigenvalue weighted by atomic mass is 9.81. The molecule has 1 aromatic carbocycles. The summed E-state index contributed by atoms with van der Waals surface area (Å²) in [6.07, 6.45) is 0. The van der Waals surface area contributed by atoms with E-state index in [1.807, 2.05) is 13.8 Å². The number of ether oxygens (including phenoxy) is 3. The molecule has 1 aromatic rings. The molecule has 0 saturated carbocycles. The highest BCUT2D eigenvalue weighted by Crippen LogP contribution is 2.43. The topological polar surface area (TPSA) is 73.9 Å². The van der Waals surface area contributed by atoms with E-state index in [-0.39, 0.29) is 6.61 Å². The van der Waals surface area contributed by atoms with Crippen LogP contribution in [-0.4, -0.2) is 33.0 Å². The molecule has 0 radical (unpaired) electrons. The Morgan fingerprint density at radius 1 is 1.11 bits per heavy atom. The van der Waals surface area contributed by atoms with Gasteiger partial charge in [0.15, 0.2) is 0 Å². The summed E-state index contributed by atoms with van der Waals surface area (Å²) in [5, 5.41) is 9.47. The van der Waals surface area contributed by atoms with Crippen LogP contribution in [0.4, 0.5) is 0 Å². The van der Waals surface area contributed by atoms with Crippen molar-refractivity contribution in [2.45, 2.75) is 19.9 Å². The Kier molecular flexibility index (Phi) is 5.03. The van der Waals surface area contributed by atoms with E-state index >= 15 is 0 Å². The van der Waals surface area contributed by atoms with Gasteiger partial charge in [0.2, 0.25) is 0 Å². The number of hydrogen-bond donors (Lipinski definition) is 2. The lowest BCUT2D eigenvalue weighted by molar-refractivity contribution is 0.129. The Morgan fingerprint density at radius 2 is 1.58 bits per heavy atom. The van der Waals surface area contributed by atoms with E-state index in [1.165, 1.54) is 0 Å². The quantitative estimate of drug-likeness (QED) is 0.822. The van der Waals surface area contributed by atoms with Gasteiger partial charge >= 0.3 is 0 Å². The third-order valence-electron chi connectivity index (χ3n) is 3.31. The Morgan fingerprint density at radius 3 is 1.89 bits per heavy atom. The minimum atomic E-state index is -0.491. The molecule has 0 amide bonds. The van der Waals surface area contributed by atoms with Gasteiger partial charge in [-0.1, -0.05) is 13.8 Å². The number of aliphatic hydroxyl groups excluding tert-OH is 1. The van der Waals surface area contributed by atoms with Crippen molar-refractivity contribution in [1.29, 1.82) is 0 Å². The Bertz CT molecular complexity index is 406. The van der Waals surface area contributed by atoms with Crippen LogP contribution in [-0.2, 0) is 0 Å². The van der Waals surface area contributed by atoms with Crippen molar-refractivity contribution in [1.82, 2.24) is 0 Å². The minimum Gasteiger partial charge on any atom is -0.496 e. The van der Waals surface area contributed by atoms with Gasteiger partial charge in [-0.05, 0) is 0 Å². The predicted octanol–water partition coefficient (Wildman–Crippen LogP) is 1.73. The first-order valence-electron chi connectivity index (χ1n) is 6.07. The largest absolute Gasteiger partial charge is 0.496 e. The van der Waals surface area contributed by atoms with Gasteiger partial charge in [0.05, 0.1) is 26.9 Å². The maximum atomic E-state index is 9.47. The highest BCUT2D eigenvalue weighted by Gasteiger charge is 2.32. The van der Waals surface area contributed by atoms with E-state index in [1.54, 1.807) is 33.5 Å². The van der Waals surface area contributed by atoms with Crippen LogP contribution in [0.1, 0.15) is 25.5 Å². The molecule has 5 nitrogen and oxygen atoms in total. The molecule has 0 heterocycles. The molecule has 0 saturated heterocycles. The van der Waals surface area contributed by atoms with Crippen molar-refractivity contribution in [3.05, 3.63) is 17.7 Å². The van der Waals surface area contributed by atoms with Crippen LogP contribution in [0.25, 0.3) is 0 Å². The van der Waals surface area contributed by atoms with Crippen molar-refractivity contribution >= 4 is 0 Å². The summed E-state index contributed by atoms with van der Waals surface area (Å²) in [5.41, 5.74) is 6.50. The van der Waals surface area contributed by atoms with E-state index in [9.17, 15) is 5.11 Å². The SMILES string of the molecule is COc1cc(OC)c([C@@H](N)C(C)(C)CO)c(OC)c1. The van der Waals surface area contributed by atoms with Gasteiger partial charge in [-0.15, -0.1) is 0 Å². The summed E-state index contributed by atoms with van der Waals surface area (Å²) in [7, 11) is 4.71. The summed E-state index contributed by atoms with van der Waals surface area (Å²) in [6, 6.07) is 3.09. The Balaban J connectivity index is 3.39. The first-order valence-corrected chi connectivity index (χ1v) is 6.07. The number of methoxy groups -OCH3 is 3. The molecule has 108 valence electrons. The molecule has 19 heavy (non-hydrogen) atoms. The Labute approximate surface area is 114 Å². The average molecular weight is 269 g/mol. The van der Waals surface area contributed by atoms with Crippen molar-refractivity contribution in [2.24, 2.45) is 11.1 Å². The number of benzene rings is 1. The second kappa shape index (κ2) is 6.12. The van der Waals surface area contributed by atoms with Crippen molar-refractivity contribution in [2.75, 3.05) is 27.9 Å². The molecular weight excluding hydrogens is 246 g/mol. The van der Waals surface area contributed by atoms with Crippen LogP contribution < -0.4 is 19.9 Å². The molecule has 0 spiro atoms. The number of rotatable bonds is 6. The lowest BCUT2D eigenvalue weighted by Gasteiger charge is -2.31. The first kappa shape index (κ1) is 15.6. The van der Waals surface area contributed by atoms with Gasteiger partial charge in [0.25, 0.3) is 0 Å². The van der Waals surface area contributed by atoms with Gasteiger partial charge in [0.1, 0.15) is 17.2 Å². The van der Waals surface area contributed by atoms with E-state index in [4.69, 9.17) is 19.9 Å². The van der Waals surface area contributed by atoms with Gasteiger partial charge < -0.3 is 25.1 Å². The van der Waals surface area contributed by atoms with Crippen LogP contribution in [0.2, 0.25) is 0 Å². The molecule has 0 unspecified atom stereocenters. The fourth-order valence-corrected chi connectivity index (χ4v) is 1.83. The molecule has 5 heteroatoms. The zero-order valence-electron chi connectivity index (χ0n) is 12.2. The van der Waals surface area contributed by atoms with Gasteiger partial charge in [-0.25, -0.2) is 0 Å². The van der Waals surface area contributed by atoms with Crippen LogP contribution >= 0.6 is 0 Å². The van der Waals surface area contributed by atoms with Crippen LogP contribution in [0, 0.1) is 5.41 Å². The normalized spacial score (nSPS) is 13.0. The molecule has 0 aliphatic heterocycles. The average Bonchev–Trinajstić information content (AvgIpc) is 2.44. The van der Waals surface area contributed by atoms with E-state index in [0.717, 1.165) is 5.56 Å².